The van der Waals surface area contributed by atoms with Crippen LogP contribution in [0.15, 0.2) is 0 Å². The van der Waals surface area contributed by atoms with Crippen LogP contribution in [-0.4, -0.2) is 41.0 Å². The van der Waals surface area contributed by atoms with Crippen molar-refractivity contribution in [1.82, 2.24) is 14.9 Å². The first-order chi connectivity index (χ1) is 13.6. The van der Waals surface area contributed by atoms with Gasteiger partial charge in [-0.1, -0.05) is 20.8 Å². The lowest BCUT2D eigenvalue weighted by Gasteiger charge is -2.36. The van der Waals surface area contributed by atoms with E-state index in [1.165, 1.54) is 67.6 Å². The number of aromatic nitrogens is 2. The third-order valence-electron chi connectivity index (χ3n) is 7.00. The van der Waals surface area contributed by atoms with Crippen molar-refractivity contribution in [2.75, 3.05) is 31.1 Å². The van der Waals surface area contributed by atoms with Gasteiger partial charge in [-0.15, -0.1) is 11.3 Å². The lowest BCUT2D eigenvalue weighted by molar-refractivity contribution is 0.181. The average Bonchev–Trinajstić information content (AvgIpc) is 3.23. The molecule has 0 spiro atoms. The number of rotatable bonds is 3. The van der Waals surface area contributed by atoms with E-state index in [0.29, 0.717) is 0 Å². The van der Waals surface area contributed by atoms with Gasteiger partial charge in [0.15, 0.2) is 0 Å². The predicted octanol–water partition coefficient (Wildman–Crippen LogP) is 4.89. The van der Waals surface area contributed by atoms with Crippen molar-refractivity contribution >= 4 is 27.4 Å². The molecule has 2 fully saturated rings. The number of nitrogens with zero attached hydrogens (tertiary/aromatic N) is 4. The first-order valence-corrected chi connectivity index (χ1v) is 12.2. The van der Waals surface area contributed by atoms with Gasteiger partial charge in [0.1, 0.15) is 16.5 Å². The van der Waals surface area contributed by atoms with Gasteiger partial charge in [0.2, 0.25) is 0 Å². The van der Waals surface area contributed by atoms with Crippen LogP contribution in [0.4, 0.5) is 5.82 Å². The van der Waals surface area contributed by atoms with Crippen molar-refractivity contribution in [3.05, 3.63) is 16.3 Å². The highest BCUT2D eigenvalue weighted by atomic mass is 32.1. The van der Waals surface area contributed by atoms with Crippen molar-refractivity contribution in [3.63, 3.8) is 0 Å². The lowest BCUT2D eigenvalue weighted by atomic mass is 9.91. The monoisotopic (exact) mass is 398 g/mol. The fourth-order valence-corrected chi connectivity index (χ4v) is 6.85. The molecule has 0 aromatic carbocycles. The van der Waals surface area contributed by atoms with Gasteiger partial charge in [-0.2, -0.15) is 0 Å². The largest absolute Gasteiger partial charge is 0.355 e. The number of anilines is 1. The second-order valence-electron chi connectivity index (χ2n) is 9.81. The van der Waals surface area contributed by atoms with Gasteiger partial charge in [-0.3, -0.25) is 4.90 Å². The van der Waals surface area contributed by atoms with E-state index in [1.54, 1.807) is 10.4 Å². The molecule has 4 nitrogen and oxygen atoms in total. The molecule has 152 valence electrons. The van der Waals surface area contributed by atoms with Crippen molar-refractivity contribution < 1.29 is 0 Å². The maximum absolute atomic E-state index is 5.24. The number of thiophene rings is 1. The van der Waals surface area contributed by atoms with Gasteiger partial charge in [0.05, 0.1) is 11.9 Å². The molecule has 0 saturated carbocycles. The Morgan fingerprint density at radius 2 is 1.71 bits per heavy atom. The van der Waals surface area contributed by atoms with E-state index < -0.39 is 0 Å². The number of aryl methyl sites for hydroxylation is 2. The molecule has 2 aliphatic heterocycles. The fraction of sp³-hybridized carbons (Fsp3) is 0.739. The number of fused-ring (bicyclic) bond motifs is 3. The predicted molar refractivity (Wildman–Crippen MR) is 118 cm³/mol. The molecule has 4 heterocycles. The zero-order valence-corrected chi connectivity index (χ0v) is 18.5. The molecule has 2 aromatic rings. The van der Waals surface area contributed by atoms with Crippen molar-refractivity contribution in [3.8, 4) is 0 Å². The summed E-state index contributed by atoms with van der Waals surface area (Å²) >= 11 is 1.95. The minimum atomic E-state index is 0.743. The third-order valence-corrected chi connectivity index (χ3v) is 8.19. The van der Waals surface area contributed by atoms with E-state index in [9.17, 15) is 0 Å². The van der Waals surface area contributed by atoms with Crippen LogP contribution in [0.5, 0.6) is 0 Å². The Morgan fingerprint density at radius 1 is 0.964 bits per heavy atom. The highest BCUT2D eigenvalue weighted by Gasteiger charge is 2.29. The first kappa shape index (κ1) is 18.8. The molecule has 0 amide bonds. The van der Waals surface area contributed by atoms with Crippen LogP contribution in [0, 0.1) is 17.8 Å². The summed E-state index contributed by atoms with van der Waals surface area (Å²) in [5, 5.41) is 1.40. The van der Waals surface area contributed by atoms with E-state index in [2.05, 4.69) is 30.6 Å². The summed E-state index contributed by atoms with van der Waals surface area (Å²) < 4.78 is 0. The van der Waals surface area contributed by atoms with E-state index >= 15 is 0 Å². The normalized spacial score (nSPS) is 26.9. The molecule has 5 heteroatoms. The summed E-state index contributed by atoms with van der Waals surface area (Å²) in [5.41, 5.74) is 1.57. The lowest BCUT2D eigenvalue weighted by Crippen LogP contribution is -2.39. The molecule has 0 radical (unpaired) electrons. The summed E-state index contributed by atoms with van der Waals surface area (Å²) in [6.07, 6.45) is 7.71. The molecule has 2 aromatic heterocycles. The summed E-state index contributed by atoms with van der Waals surface area (Å²) in [7, 11) is 0. The Labute approximate surface area is 173 Å². The maximum Gasteiger partial charge on any atom is 0.146 e. The Kier molecular flexibility index (Phi) is 5.08. The Morgan fingerprint density at radius 3 is 2.46 bits per heavy atom. The van der Waals surface area contributed by atoms with E-state index in [1.807, 2.05) is 11.3 Å². The van der Waals surface area contributed by atoms with E-state index in [4.69, 9.17) is 9.97 Å². The molecule has 2 saturated heterocycles. The van der Waals surface area contributed by atoms with Gasteiger partial charge in [0.25, 0.3) is 0 Å². The molecule has 0 unspecified atom stereocenters. The first-order valence-electron chi connectivity index (χ1n) is 11.3. The van der Waals surface area contributed by atoms with Gasteiger partial charge in [-0.25, -0.2) is 9.97 Å². The van der Waals surface area contributed by atoms with Crippen LogP contribution in [0.1, 0.15) is 62.7 Å². The van der Waals surface area contributed by atoms with Crippen LogP contribution < -0.4 is 4.90 Å². The molecule has 0 N–H and O–H groups in total. The molecular weight excluding hydrogens is 364 g/mol. The second kappa shape index (κ2) is 7.56. The molecule has 0 bridgehead atoms. The molecule has 5 rings (SSSR count). The van der Waals surface area contributed by atoms with Crippen molar-refractivity contribution in [2.24, 2.45) is 17.8 Å². The van der Waals surface area contributed by atoms with Crippen molar-refractivity contribution in [2.45, 2.75) is 65.8 Å². The molecule has 28 heavy (non-hydrogen) atoms. The molecule has 3 aliphatic rings. The van der Waals surface area contributed by atoms with Gasteiger partial charge in [-0.05, 0) is 74.9 Å². The fourth-order valence-electron chi connectivity index (χ4n) is 5.58. The van der Waals surface area contributed by atoms with Crippen LogP contribution in [0.3, 0.4) is 0 Å². The smallest absolute Gasteiger partial charge is 0.146 e. The Balaban J connectivity index is 1.52. The van der Waals surface area contributed by atoms with Crippen molar-refractivity contribution in [1.29, 1.82) is 0 Å². The summed E-state index contributed by atoms with van der Waals surface area (Å²) in [5.74, 6) is 4.65. The average molecular weight is 399 g/mol. The number of hydrogen-bond donors (Lipinski definition) is 0. The van der Waals surface area contributed by atoms with Gasteiger partial charge < -0.3 is 4.90 Å². The SMILES string of the molecule is CC1CCN(Cc2nc(N3C[C@H](C)C[C@H](C)C3)c3c4c(sc3n2)CCC4)CC1. The minimum Gasteiger partial charge on any atom is -0.355 e. The highest BCUT2D eigenvalue weighted by molar-refractivity contribution is 7.19. The Hall–Kier alpha value is -1.20. The quantitative estimate of drug-likeness (QED) is 0.736. The van der Waals surface area contributed by atoms with Crippen LogP contribution in [-0.2, 0) is 19.4 Å². The standard InChI is InChI=1S/C23H34N4S/c1-15-7-9-26(10-8-15)14-20-24-22(27-12-16(2)11-17(3)13-27)21-18-5-4-6-19(18)28-23(21)25-20/h15-17H,4-14H2,1-3H3/t16-,17+. The van der Waals surface area contributed by atoms with Crippen LogP contribution >= 0.6 is 11.3 Å². The zero-order chi connectivity index (χ0) is 19.3. The Bertz CT molecular complexity index is 842. The maximum atomic E-state index is 5.24. The summed E-state index contributed by atoms with van der Waals surface area (Å²) in [6, 6.07) is 0. The minimum absolute atomic E-state index is 0.743. The topological polar surface area (TPSA) is 32.3 Å². The summed E-state index contributed by atoms with van der Waals surface area (Å²) in [6.45, 7) is 12.8. The van der Waals surface area contributed by atoms with Crippen LogP contribution in [0.2, 0.25) is 0 Å². The number of likely N-dealkylation sites (tertiary alicyclic amines) is 1. The number of hydrogen-bond acceptors (Lipinski definition) is 5. The van der Waals surface area contributed by atoms with Gasteiger partial charge >= 0.3 is 0 Å². The zero-order valence-electron chi connectivity index (χ0n) is 17.7. The van der Waals surface area contributed by atoms with Gasteiger partial charge in [0, 0.05) is 18.0 Å². The third kappa shape index (κ3) is 3.56. The van der Waals surface area contributed by atoms with Crippen LogP contribution in [0.25, 0.3) is 10.2 Å². The summed E-state index contributed by atoms with van der Waals surface area (Å²) in [4.78, 5) is 18.3. The highest BCUT2D eigenvalue weighted by Crippen LogP contribution is 2.41. The van der Waals surface area contributed by atoms with E-state index in [-0.39, 0.29) is 0 Å². The number of piperidine rings is 2. The second-order valence-corrected chi connectivity index (χ2v) is 10.9. The molecule has 2 atom stereocenters. The van der Waals surface area contributed by atoms with E-state index in [0.717, 1.165) is 43.2 Å². The molecular formula is C23H34N4S. The molecule has 1 aliphatic carbocycles.